The monoisotopic (exact) mass is 180 g/mol. The van der Waals surface area contributed by atoms with E-state index in [0.29, 0.717) is 0 Å². The maximum atomic E-state index is 9.24. The van der Waals surface area contributed by atoms with Crippen LogP contribution in [0.2, 0.25) is 0 Å². The van der Waals surface area contributed by atoms with Crippen molar-refractivity contribution in [2.24, 2.45) is 0 Å². The van der Waals surface area contributed by atoms with Gasteiger partial charge >= 0.3 is 0 Å². The van der Waals surface area contributed by atoms with Crippen LogP contribution in [0.5, 0.6) is 0 Å². The summed E-state index contributed by atoms with van der Waals surface area (Å²) in [6.07, 6.45) is -4.45. The fourth-order valence-electron chi connectivity index (χ4n) is 1.03. The van der Waals surface area contributed by atoms with Crippen molar-refractivity contribution in [3.8, 4) is 0 Å². The number of rotatable bonds is 1. The number of aliphatic hydroxyl groups is 5. The highest BCUT2D eigenvalue weighted by Gasteiger charge is 2.47. The van der Waals surface area contributed by atoms with E-state index in [-0.39, 0.29) is 6.61 Å². The van der Waals surface area contributed by atoms with Crippen LogP contribution in [0.15, 0.2) is 0 Å². The van der Waals surface area contributed by atoms with Crippen molar-refractivity contribution in [3.63, 3.8) is 0 Å². The molecule has 1 saturated heterocycles. The van der Waals surface area contributed by atoms with Crippen molar-refractivity contribution in [1.82, 2.24) is 0 Å². The Morgan fingerprint density at radius 3 is 2.42 bits per heavy atom. The molecule has 6 nitrogen and oxygen atoms in total. The number of hydrogen-bond donors (Lipinski definition) is 5. The Hall–Kier alpha value is -0.240. The second-order valence-electron chi connectivity index (χ2n) is 2.82. The SMILES string of the molecule is OC[C@@]1(O)OCC(O)C(O)C1O. The predicted octanol–water partition coefficient (Wildman–Crippen LogP) is -3.22. The van der Waals surface area contributed by atoms with Gasteiger partial charge in [0, 0.05) is 0 Å². The van der Waals surface area contributed by atoms with Gasteiger partial charge in [0.15, 0.2) is 0 Å². The average molecular weight is 180 g/mol. The van der Waals surface area contributed by atoms with E-state index in [1.54, 1.807) is 0 Å². The topological polar surface area (TPSA) is 110 Å². The molecule has 1 aliphatic rings. The van der Waals surface area contributed by atoms with Crippen LogP contribution in [0, 0.1) is 0 Å². The molecule has 1 rings (SSSR count). The molecular formula is C6H12O6. The molecular weight excluding hydrogens is 168 g/mol. The van der Waals surface area contributed by atoms with Crippen LogP contribution in [0.4, 0.5) is 0 Å². The van der Waals surface area contributed by atoms with Gasteiger partial charge in [-0.05, 0) is 0 Å². The fraction of sp³-hybridized carbons (Fsp3) is 1.00. The van der Waals surface area contributed by atoms with Crippen molar-refractivity contribution < 1.29 is 30.3 Å². The van der Waals surface area contributed by atoms with Gasteiger partial charge in [0.1, 0.15) is 18.3 Å². The van der Waals surface area contributed by atoms with Gasteiger partial charge in [-0.15, -0.1) is 0 Å². The van der Waals surface area contributed by atoms with Gasteiger partial charge in [0.05, 0.1) is 13.2 Å². The second-order valence-corrected chi connectivity index (χ2v) is 2.82. The van der Waals surface area contributed by atoms with Crippen LogP contribution in [0.1, 0.15) is 0 Å². The lowest BCUT2D eigenvalue weighted by molar-refractivity contribution is -0.331. The molecule has 0 aliphatic carbocycles. The molecule has 0 saturated carbocycles. The van der Waals surface area contributed by atoms with Gasteiger partial charge < -0.3 is 30.3 Å². The molecule has 5 N–H and O–H groups in total. The van der Waals surface area contributed by atoms with Crippen molar-refractivity contribution in [3.05, 3.63) is 0 Å². The fourth-order valence-corrected chi connectivity index (χ4v) is 1.03. The highest BCUT2D eigenvalue weighted by molar-refractivity contribution is 4.90. The molecule has 0 aromatic carbocycles. The highest BCUT2D eigenvalue weighted by atomic mass is 16.7. The summed E-state index contributed by atoms with van der Waals surface area (Å²) in [4.78, 5) is 0. The van der Waals surface area contributed by atoms with Gasteiger partial charge in [-0.1, -0.05) is 0 Å². The Bertz CT molecular complexity index is 162. The zero-order valence-corrected chi connectivity index (χ0v) is 6.29. The normalized spacial score (nSPS) is 49.2. The molecule has 0 amide bonds. The summed E-state index contributed by atoms with van der Waals surface area (Å²) in [5, 5.41) is 45.0. The van der Waals surface area contributed by atoms with E-state index in [4.69, 9.17) is 20.4 Å². The van der Waals surface area contributed by atoms with Crippen molar-refractivity contribution in [2.45, 2.75) is 24.1 Å². The smallest absolute Gasteiger partial charge is 0.218 e. The van der Waals surface area contributed by atoms with Gasteiger partial charge in [0.2, 0.25) is 5.79 Å². The van der Waals surface area contributed by atoms with E-state index in [2.05, 4.69) is 4.74 Å². The van der Waals surface area contributed by atoms with Gasteiger partial charge in [0.25, 0.3) is 0 Å². The van der Waals surface area contributed by atoms with Crippen LogP contribution in [-0.4, -0.2) is 62.8 Å². The molecule has 12 heavy (non-hydrogen) atoms. The maximum Gasteiger partial charge on any atom is 0.218 e. The summed E-state index contributed by atoms with van der Waals surface area (Å²) in [7, 11) is 0. The standard InChI is InChI=1S/C6H12O6/c7-2-6(11)5(10)4(9)3(8)1-12-6/h3-5,7-11H,1-2H2/t3?,4?,5?,6-/m1/s1. The quantitative estimate of drug-likeness (QED) is 0.290. The first kappa shape index (κ1) is 9.85. The minimum atomic E-state index is -2.17. The highest BCUT2D eigenvalue weighted by Crippen LogP contribution is 2.22. The minimum absolute atomic E-state index is 0.324. The van der Waals surface area contributed by atoms with Crippen molar-refractivity contribution in [2.75, 3.05) is 13.2 Å². The van der Waals surface area contributed by atoms with Crippen LogP contribution in [-0.2, 0) is 4.74 Å². The Morgan fingerprint density at radius 2 is 1.92 bits per heavy atom. The van der Waals surface area contributed by atoms with Gasteiger partial charge in [-0.3, -0.25) is 0 Å². The second kappa shape index (κ2) is 3.25. The predicted molar refractivity (Wildman–Crippen MR) is 36.0 cm³/mol. The summed E-state index contributed by atoms with van der Waals surface area (Å²) < 4.78 is 4.56. The lowest BCUT2D eigenvalue weighted by Crippen LogP contribution is -2.62. The van der Waals surface area contributed by atoms with E-state index in [1.807, 2.05) is 0 Å². The molecule has 0 aromatic heterocycles. The lowest BCUT2D eigenvalue weighted by Gasteiger charge is -2.40. The van der Waals surface area contributed by atoms with Gasteiger partial charge in [-0.25, -0.2) is 0 Å². The van der Waals surface area contributed by atoms with E-state index in [1.165, 1.54) is 0 Å². The van der Waals surface area contributed by atoms with E-state index < -0.39 is 30.7 Å². The largest absolute Gasteiger partial charge is 0.391 e. The van der Waals surface area contributed by atoms with Crippen molar-refractivity contribution >= 4 is 0 Å². The summed E-state index contributed by atoms with van der Waals surface area (Å²) >= 11 is 0. The molecule has 1 fully saturated rings. The Morgan fingerprint density at radius 1 is 1.33 bits per heavy atom. The molecule has 72 valence electrons. The molecule has 1 heterocycles. The average Bonchev–Trinajstić information content (AvgIpc) is 2.09. The molecule has 6 heteroatoms. The van der Waals surface area contributed by atoms with E-state index in [0.717, 1.165) is 0 Å². The number of hydrogen-bond acceptors (Lipinski definition) is 6. The lowest BCUT2D eigenvalue weighted by atomic mass is 9.98. The molecule has 3 unspecified atom stereocenters. The summed E-state index contributed by atoms with van der Waals surface area (Å²) in [5.74, 6) is -2.17. The zero-order chi connectivity index (χ0) is 9.35. The third-order valence-electron chi connectivity index (χ3n) is 1.91. The summed E-state index contributed by atoms with van der Waals surface area (Å²) in [5.41, 5.74) is 0. The Balaban J connectivity index is 2.71. The van der Waals surface area contributed by atoms with Crippen molar-refractivity contribution in [1.29, 1.82) is 0 Å². The number of ether oxygens (including phenoxy) is 1. The third kappa shape index (κ3) is 1.45. The van der Waals surface area contributed by atoms with Gasteiger partial charge in [-0.2, -0.15) is 0 Å². The van der Waals surface area contributed by atoms with Crippen LogP contribution in [0.25, 0.3) is 0 Å². The number of aliphatic hydroxyl groups excluding tert-OH is 4. The molecule has 0 radical (unpaired) electrons. The first-order valence-electron chi connectivity index (χ1n) is 3.52. The van der Waals surface area contributed by atoms with E-state index >= 15 is 0 Å². The summed E-state index contributed by atoms with van der Waals surface area (Å²) in [6, 6.07) is 0. The molecule has 0 aromatic rings. The molecule has 0 spiro atoms. The van der Waals surface area contributed by atoms with E-state index in [9.17, 15) is 5.11 Å². The van der Waals surface area contributed by atoms with Crippen LogP contribution < -0.4 is 0 Å². The first-order valence-corrected chi connectivity index (χ1v) is 3.52. The first-order chi connectivity index (χ1) is 5.51. The third-order valence-corrected chi connectivity index (χ3v) is 1.91. The minimum Gasteiger partial charge on any atom is -0.391 e. The molecule has 1 aliphatic heterocycles. The molecule has 4 atom stereocenters. The maximum absolute atomic E-state index is 9.24. The van der Waals surface area contributed by atoms with Crippen LogP contribution >= 0.6 is 0 Å². The zero-order valence-electron chi connectivity index (χ0n) is 6.29. The Labute approximate surface area is 68.6 Å². The summed E-state index contributed by atoms with van der Waals surface area (Å²) in [6.45, 7) is -1.16. The Kier molecular flexibility index (Phi) is 2.67. The van der Waals surface area contributed by atoms with Crippen LogP contribution in [0.3, 0.4) is 0 Å². The molecule has 0 bridgehead atoms.